The summed E-state index contributed by atoms with van der Waals surface area (Å²) >= 11 is 1.81. The second kappa shape index (κ2) is 3.71. The molecular formula is C12H15NS. The topological polar surface area (TPSA) is 26.0 Å². The van der Waals surface area contributed by atoms with Crippen molar-refractivity contribution in [1.29, 1.82) is 0 Å². The lowest BCUT2D eigenvalue weighted by atomic mass is 10.1. The van der Waals surface area contributed by atoms with Crippen LogP contribution >= 0.6 is 11.3 Å². The van der Waals surface area contributed by atoms with Gasteiger partial charge in [-0.1, -0.05) is 17.7 Å². The molecule has 0 spiro atoms. The Labute approximate surface area is 88.6 Å². The molecule has 1 aromatic heterocycles. The molecule has 0 bridgehead atoms. The van der Waals surface area contributed by atoms with Gasteiger partial charge < -0.3 is 5.73 Å². The molecule has 0 fully saturated rings. The maximum Gasteiger partial charge on any atom is 0.0345 e. The van der Waals surface area contributed by atoms with Crippen molar-refractivity contribution in [3.8, 4) is 0 Å². The Balaban J connectivity index is 2.50. The van der Waals surface area contributed by atoms with Crippen LogP contribution in [0.4, 0.5) is 0 Å². The van der Waals surface area contributed by atoms with E-state index in [1.807, 2.05) is 11.3 Å². The minimum Gasteiger partial charge on any atom is -0.328 e. The van der Waals surface area contributed by atoms with E-state index in [-0.39, 0.29) is 6.04 Å². The number of rotatable bonds is 2. The Morgan fingerprint density at radius 2 is 2.21 bits per heavy atom. The summed E-state index contributed by atoms with van der Waals surface area (Å²) < 4.78 is 1.37. The van der Waals surface area contributed by atoms with Gasteiger partial charge in [0.25, 0.3) is 0 Å². The number of aryl methyl sites for hydroxylation is 1. The summed E-state index contributed by atoms with van der Waals surface area (Å²) in [5, 5.41) is 3.61. The quantitative estimate of drug-likeness (QED) is 0.801. The molecule has 2 heteroatoms. The summed E-state index contributed by atoms with van der Waals surface area (Å²) in [5.41, 5.74) is 8.53. The van der Waals surface area contributed by atoms with Crippen molar-refractivity contribution >= 4 is 21.4 Å². The second-order valence-electron chi connectivity index (χ2n) is 3.94. The van der Waals surface area contributed by atoms with E-state index in [1.54, 1.807) is 0 Å². The molecule has 0 aliphatic rings. The van der Waals surface area contributed by atoms with Gasteiger partial charge in [0.05, 0.1) is 0 Å². The van der Waals surface area contributed by atoms with E-state index in [0.717, 1.165) is 6.42 Å². The van der Waals surface area contributed by atoms with Crippen molar-refractivity contribution in [2.45, 2.75) is 26.3 Å². The summed E-state index contributed by atoms with van der Waals surface area (Å²) in [5.74, 6) is 0. The smallest absolute Gasteiger partial charge is 0.0345 e. The standard InChI is InChI=1S/C12H15NS/c1-8-3-4-12-11(5-8)10(7-14-12)6-9(2)13/h3-5,7,9H,6,13H2,1-2H3. The van der Waals surface area contributed by atoms with E-state index >= 15 is 0 Å². The number of thiophene rings is 1. The molecular weight excluding hydrogens is 190 g/mol. The monoisotopic (exact) mass is 205 g/mol. The Bertz CT molecular complexity index is 443. The van der Waals surface area contributed by atoms with E-state index in [1.165, 1.54) is 21.2 Å². The van der Waals surface area contributed by atoms with E-state index in [4.69, 9.17) is 5.73 Å². The molecule has 1 atom stereocenters. The zero-order valence-corrected chi connectivity index (χ0v) is 9.40. The largest absolute Gasteiger partial charge is 0.328 e. The fourth-order valence-electron chi connectivity index (χ4n) is 1.70. The average Bonchev–Trinajstić information content (AvgIpc) is 2.47. The predicted molar refractivity (Wildman–Crippen MR) is 63.9 cm³/mol. The van der Waals surface area contributed by atoms with Crippen LogP contribution in [-0.4, -0.2) is 6.04 Å². The number of nitrogens with two attached hydrogens (primary N) is 1. The first-order chi connectivity index (χ1) is 6.66. The van der Waals surface area contributed by atoms with Crippen molar-refractivity contribution in [2.75, 3.05) is 0 Å². The van der Waals surface area contributed by atoms with Gasteiger partial charge in [0.1, 0.15) is 0 Å². The highest BCUT2D eigenvalue weighted by Gasteiger charge is 2.05. The molecule has 1 aromatic carbocycles. The molecule has 14 heavy (non-hydrogen) atoms. The van der Waals surface area contributed by atoms with Crippen LogP contribution in [0.5, 0.6) is 0 Å². The van der Waals surface area contributed by atoms with E-state index in [9.17, 15) is 0 Å². The van der Waals surface area contributed by atoms with Gasteiger partial charge in [-0.05, 0) is 42.7 Å². The average molecular weight is 205 g/mol. The highest BCUT2D eigenvalue weighted by molar-refractivity contribution is 7.17. The molecule has 1 heterocycles. The Hall–Kier alpha value is -0.860. The van der Waals surface area contributed by atoms with Crippen molar-refractivity contribution in [1.82, 2.24) is 0 Å². The fraction of sp³-hybridized carbons (Fsp3) is 0.333. The molecule has 1 unspecified atom stereocenters. The minimum atomic E-state index is 0.244. The number of hydrogen-bond acceptors (Lipinski definition) is 2. The first kappa shape index (κ1) is 9.69. The third kappa shape index (κ3) is 1.81. The normalized spacial score (nSPS) is 13.4. The Morgan fingerprint density at radius 3 is 2.93 bits per heavy atom. The van der Waals surface area contributed by atoms with Crippen LogP contribution in [0, 0.1) is 6.92 Å². The lowest BCUT2D eigenvalue weighted by molar-refractivity contribution is 0.743. The van der Waals surface area contributed by atoms with Gasteiger partial charge in [0, 0.05) is 10.7 Å². The summed E-state index contributed by atoms with van der Waals surface area (Å²) in [7, 11) is 0. The SMILES string of the molecule is Cc1ccc2scc(CC(C)N)c2c1. The highest BCUT2D eigenvalue weighted by atomic mass is 32.1. The summed E-state index contributed by atoms with van der Waals surface area (Å²) in [4.78, 5) is 0. The van der Waals surface area contributed by atoms with Gasteiger partial charge in [-0.2, -0.15) is 0 Å². The van der Waals surface area contributed by atoms with Crippen molar-refractivity contribution in [3.63, 3.8) is 0 Å². The van der Waals surface area contributed by atoms with Crippen LogP contribution < -0.4 is 5.73 Å². The van der Waals surface area contributed by atoms with Crippen LogP contribution in [0.2, 0.25) is 0 Å². The number of benzene rings is 1. The first-order valence-corrected chi connectivity index (χ1v) is 5.77. The van der Waals surface area contributed by atoms with Gasteiger partial charge in [0.15, 0.2) is 0 Å². The molecule has 1 nitrogen and oxygen atoms in total. The summed E-state index contributed by atoms with van der Waals surface area (Å²) in [6.45, 7) is 4.19. The summed E-state index contributed by atoms with van der Waals surface area (Å²) in [6, 6.07) is 6.85. The zero-order valence-electron chi connectivity index (χ0n) is 8.58. The molecule has 0 radical (unpaired) electrons. The molecule has 2 aromatic rings. The van der Waals surface area contributed by atoms with E-state index in [2.05, 4.69) is 37.4 Å². The molecule has 0 amide bonds. The molecule has 0 aliphatic heterocycles. The third-order valence-corrected chi connectivity index (χ3v) is 3.36. The van der Waals surface area contributed by atoms with Crippen LogP contribution in [0.1, 0.15) is 18.1 Å². The van der Waals surface area contributed by atoms with Gasteiger partial charge in [-0.3, -0.25) is 0 Å². The summed E-state index contributed by atoms with van der Waals surface area (Å²) in [6.07, 6.45) is 0.976. The Morgan fingerprint density at radius 1 is 1.43 bits per heavy atom. The van der Waals surface area contributed by atoms with Gasteiger partial charge in [-0.15, -0.1) is 11.3 Å². The molecule has 0 saturated carbocycles. The number of hydrogen-bond donors (Lipinski definition) is 1. The Kier molecular flexibility index (Phi) is 2.57. The first-order valence-electron chi connectivity index (χ1n) is 4.89. The predicted octanol–water partition coefficient (Wildman–Crippen LogP) is 3.10. The van der Waals surface area contributed by atoms with Crippen molar-refractivity contribution in [3.05, 3.63) is 34.7 Å². The minimum absolute atomic E-state index is 0.244. The highest BCUT2D eigenvalue weighted by Crippen LogP contribution is 2.27. The zero-order chi connectivity index (χ0) is 10.1. The molecule has 0 aliphatic carbocycles. The van der Waals surface area contributed by atoms with E-state index < -0.39 is 0 Å². The maximum atomic E-state index is 5.82. The molecule has 2 N–H and O–H groups in total. The number of fused-ring (bicyclic) bond motifs is 1. The van der Waals surface area contributed by atoms with Crippen LogP contribution in [0.15, 0.2) is 23.6 Å². The lowest BCUT2D eigenvalue weighted by Gasteiger charge is -2.03. The van der Waals surface area contributed by atoms with Gasteiger partial charge in [0.2, 0.25) is 0 Å². The van der Waals surface area contributed by atoms with Crippen LogP contribution in [0.3, 0.4) is 0 Å². The molecule has 74 valence electrons. The third-order valence-electron chi connectivity index (χ3n) is 2.35. The van der Waals surface area contributed by atoms with Crippen molar-refractivity contribution in [2.24, 2.45) is 5.73 Å². The lowest BCUT2D eigenvalue weighted by Crippen LogP contribution is -2.17. The van der Waals surface area contributed by atoms with Crippen LogP contribution in [-0.2, 0) is 6.42 Å². The van der Waals surface area contributed by atoms with Gasteiger partial charge in [-0.25, -0.2) is 0 Å². The van der Waals surface area contributed by atoms with Gasteiger partial charge >= 0.3 is 0 Å². The fourth-order valence-corrected chi connectivity index (χ4v) is 2.66. The van der Waals surface area contributed by atoms with Crippen LogP contribution in [0.25, 0.3) is 10.1 Å². The molecule has 2 rings (SSSR count). The second-order valence-corrected chi connectivity index (χ2v) is 4.85. The molecule has 0 saturated heterocycles. The van der Waals surface area contributed by atoms with E-state index in [0.29, 0.717) is 0 Å². The van der Waals surface area contributed by atoms with Crippen molar-refractivity contribution < 1.29 is 0 Å². The maximum absolute atomic E-state index is 5.82.